The first-order valence-corrected chi connectivity index (χ1v) is 6.90. The highest BCUT2D eigenvalue weighted by atomic mass is 16.6. The highest BCUT2D eigenvalue weighted by Crippen LogP contribution is 2.15. The van der Waals surface area contributed by atoms with Crippen LogP contribution in [0.3, 0.4) is 0 Å². The van der Waals surface area contributed by atoms with Crippen LogP contribution in [0.5, 0.6) is 0 Å². The van der Waals surface area contributed by atoms with Crippen LogP contribution in [0.25, 0.3) is 0 Å². The Morgan fingerprint density at radius 1 is 1.32 bits per heavy atom. The number of nitrogens with zero attached hydrogens (tertiary/aromatic N) is 1. The summed E-state index contributed by atoms with van der Waals surface area (Å²) in [5.41, 5.74) is -0.0154. The van der Waals surface area contributed by atoms with Gasteiger partial charge in [0.05, 0.1) is 5.69 Å². The summed E-state index contributed by atoms with van der Waals surface area (Å²) in [6, 6.07) is 2.97. The molecule has 1 amide bonds. The van der Waals surface area contributed by atoms with Gasteiger partial charge in [0.2, 0.25) is 0 Å². The Morgan fingerprint density at radius 3 is 2.41 bits per heavy atom. The van der Waals surface area contributed by atoms with E-state index in [1.807, 2.05) is 0 Å². The van der Waals surface area contributed by atoms with E-state index in [9.17, 15) is 19.8 Å². The molecule has 122 valence electrons. The Bertz CT molecular complexity index is 522. The molecular weight excluding hydrogens is 288 g/mol. The van der Waals surface area contributed by atoms with Crippen LogP contribution in [0, 0.1) is 0 Å². The smallest absolute Gasteiger partial charge is 0.407 e. The predicted molar refractivity (Wildman–Crippen MR) is 79.4 cm³/mol. The Morgan fingerprint density at radius 2 is 1.95 bits per heavy atom. The highest BCUT2D eigenvalue weighted by Gasteiger charge is 2.22. The molecule has 1 rings (SSSR count). The lowest BCUT2D eigenvalue weighted by Gasteiger charge is -2.22. The normalized spacial score (nSPS) is 14.1. The molecule has 1 aromatic rings. The van der Waals surface area contributed by atoms with E-state index in [-0.39, 0.29) is 18.0 Å². The standard InChI is InChI=1S/C15H22N2O5/c1-9(18)10-5-6-11(16-7-10)13(20)12(19)8-17-14(21)22-15(2,3)4/h5-7,12-13,19-20H,8H2,1-4H3,(H,17,21). The second-order valence-corrected chi connectivity index (χ2v) is 5.92. The van der Waals surface area contributed by atoms with Crippen LogP contribution in [0.15, 0.2) is 18.3 Å². The number of hydrogen-bond donors (Lipinski definition) is 3. The van der Waals surface area contributed by atoms with Gasteiger partial charge in [-0.1, -0.05) is 0 Å². The Kier molecular flexibility index (Phi) is 6.01. The molecule has 0 spiro atoms. The number of amides is 1. The van der Waals surface area contributed by atoms with Crippen molar-refractivity contribution in [3.63, 3.8) is 0 Å². The van der Waals surface area contributed by atoms with Gasteiger partial charge in [0, 0.05) is 18.3 Å². The molecule has 22 heavy (non-hydrogen) atoms. The number of hydrogen-bond acceptors (Lipinski definition) is 6. The van der Waals surface area contributed by atoms with E-state index in [2.05, 4.69) is 10.3 Å². The van der Waals surface area contributed by atoms with Crippen LogP contribution in [-0.4, -0.2) is 45.3 Å². The fourth-order valence-corrected chi connectivity index (χ4v) is 1.60. The second kappa shape index (κ2) is 7.33. The van der Waals surface area contributed by atoms with Crippen LogP contribution in [0.1, 0.15) is 49.9 Å². The number of rotatable bonds is 5. The largest absolute Gasteiger partial charge is 0.444 e. The molecule has 0 fully saturated rings. The van der Waals surface area contributed by atoms with Gasteiger partial charge in [-0.25, -0.2) is 4.79 Å². The van der Waals surface area contributed by atoms with Gasteiger partial charge in [0.25, 0.3) is 0 Å². The minimum Gasteiger partial charge on any atom is -0.444 e. The molecule has 1 aromatic heterocycles. The van der Waals surface area contributed by atoms with Crippen molar-refractivity contribution in [3.8, 4) is 0 Å². The van der Waals surface area contributed by atoms with Crippen LogP contribution in [-0.2, 0) is 4.74 Å². The number of nitrogens with one attached hydrogen (secondary N) is 1. The lowest BCUT2D eigenvalue weighted by molar-refractivity contribution is 0.0108. The highest BCUT2D eigenvalue weighted by molar-refractivity contribution is 5.93. The average Bonchev–Trinajstić information content (AvgIpc) is 2.42. The first kappa shape index (κ1) is 18.1. The molecule has 0 aliphatic carbocycles. The van der Waals surface area contributed by atoms with Gasteiger partial charge in [0.1, 0.15) is 17.8 Å². The van der Waals surface area contributed by atoms with Crippen molar-refractivity contribution >= 4 is 11.9 Å². The van der Waals surface area contributed by atoms with Crippen LogP contribution >= 0.6 is 0 Å². The Hall–Kier alpha value is -1.99. The molecule has 7 heteroatoms. The molecule has 0 aromatic carbocycles. The average molecular weight is 310 g/mol. The number of carbonyl (C=O) groups excluding carboxylic acids is 2. The number of pyridine rings is 1. The van der Waals surface area contributed by atoms with Crippen molar-refractivity contribution in [3.05, 3.63) is 29.6 Å². The minimum absolute atomic E-state index is 0.138. The van der Waals surface area contributed by atoms with E-state index in [1.165, 1.54) is 25.3 Å². The monoisotopic (exact) mass is 310 g/mol. The SMILES string of the molecule is CC(=O)c1ccc(C(O)C(O)CNC(=O)OC(C)(C)C)nc1. The number of alkyl carbamates (subject to hydrolysis) is 1. The lowest BCUT2D eigenvalue weighted by Crippen LogP contribution is -2.39. The number of aromatic nitrogens is 1. The molecule has 0 bridgehead atoms. The summed E-state index contributed by atoms with van der Waals surface area (Å²) in [5, 5.41) is 22.2. The molecule has 0 saturated heterocycles. The first-order chi connectivity index (χ1) is 10.1. The maximum atomic E-state index is 11.5. The second-order valence-electron chi connectivity index (χ2n) is 5.92. The predicted octanol–water partition coefficient (Wildman–Crippen LogP) is 1.20. The maximum absolute atomic E-state index is 11.5. The molecular formula is C15H22N2O5. The quantitative estimate of drug-likeness (QED) is 0.705. The van der Waals surface area contributed by atoms with Gasteiger partial charge in [-0.3, -0.25) is 9.78 Å². The molecule has 3 N–H and O–H groups in total. The zero-order valence-electron chi connectivity index (χ0n) is 13.2. The summed E-state index contributed by atoms with van der Waals surface area (Å²) < 4.78 is 5.02. The first-order valence-electron chi connectivity index (χ1n) is 6.90. The summed E-state index contributed by atoms with van der Waals surface area (Å²) in [6.45, 7) is 6.38. The number of aliphatic hydroxyl groups is 2. The molecule has 0 aliphatic rings. The van der Waals surface area contributed by atoms with Gasteiger partial charge >= 0.3 is 6.09 Å². The zero-order valence-corrected chi connectivity index (χ0v) is 13.2. The molecule has 2 unspecified atom stereocenters. The van der Waals surface area contributed by atoms with E-state index >= 15 is 0 Å². The number of ketones is 1. The van der Waals surface area contributed by atoms with Crippen molar-refractivity contribution in [1.82, 2.24) is 10.3 Å². The molecule has 0 saturated carbocycles. The molecule has 0 aliphatic heterocycles. The maximum Gasteiger partial charge on any atom is 0.407 e. The van der Waals surface area contributed by atoms with Crippen molar-refractivity contribution in [2.75, 3.05) is 6.54 Å². The molecule has 1 heterocycles. The van der Waals surface area contributed by atoms with Crippen LogP contribution in [0.4, 0.5) is 4.79 Å². The summed E-state index contributed by atoms with van der Waals surface area (Å²) in [7, 11) is 0. The van der Waals surface area contributed by atoms with Gasteiger partial charge < -0.3 is 20.3 Å². The van der Waals surface area contributed by atoms with Gasteiger partial charge in [0.15, 0.2) is 5.78 Å². The van der Waals surface area contributed by atoms with E-state index < -0.39 is 23.9 Å². The summed E-state index contributed by atoms with van der Waals surface area (Å²) >= 11 is 0. The van der Waals surface area contributed by atoms with Crippen LogP contribution in [0.2, 0.25) is 0 Å². The van der Waals surface area contributed by atoms with E-state index in [0.717, 1.165) is 0 Å². The number of Topliss-reactive ketones (excluding diaryl/α,β-unsaturated/α-hetero) is 1. The number of aliphatic hydroxyl groups excluding tert-OH is 2. The summed E-state index contributed by atoms with van der Waals surface area (Å²) in [4.78, 5) is 26.5. The molecule has 0 radical (unpaired) electrons. The summed E-state index contributed by atoms with van der Waals surface area (Å²) in [6.07, 6.45) is -1.88. The topological polar surface area (TPSA) is 109 Å². The third kappa shape index (κ3) is 5.79. The Labute approximate surface area is 129 Å². The third-order valence-corrected chi connectivity index (χ3v) is 2.71. The van der Waals surface area contributed by atoms with Crippen molar-refractivity contribution < 1.29 is 24.5 Å². The van der Waals surface area contributed by atoms with Crippen molar-refractivity contribution in [2.45, 2.75) is 45.5 Å². The fraction of sp³-hybridized carbons (Fsp3) is 0.533. The van der Waals surface area contributed by atoms with Gasteiger partial charge in [-0.2, -0.15) is 0 Å². The van der Waals surface area contributed by atoms with Gasteiger partial charge in [-0.05, 0) is 39.8 Å². The molecule has 7 nitrogen and oxygen atoms in total. The third-order valence-electron chi connectivity index (χ3n) is 2.71. The van der Waals surface area contributed by atoms with E-state index in [0.29, 0.717) is 5.56 Å². The lowest BCUT2D eigenvalue weighted by atomic mass is 10.1. The van der Waals surface area contributed by atoms with Crippen LogP contribution < -0.4 is 5.32 Å². The fourth-order valence-electron chi connectivity index (χ4n) is 1.60. The summed E-state index contributed by atoms with van der Waals surface area (Å²) in [5.74, 6) is -0.138. The Balaban J connectivity index is 2.56. The van der Waals surface area contributed by atoms with Gasteiger partial charge in [-0.15, -0.1) is 0 Å². The van der Waals surface area contributed by atoms with Crippen molar-refractivity contribution in [1.29, 1.82) is 0 Å². The van der Waals surface area contributed by atoms with E-state index in [4.69, 9.17) is 4.74 Å². The minimum atomic E-state index is -1.28. The van der Waals surface area contributed by atoms with Crippen molar-refractivity contribution in [2.24, 2.45) is 0 Å². The zero-order chi connectivity index (χ0) is 16.9. The van der Waals surface area contributed by atoms with E-state index in [1.54, 1.807) is 20.8 Å². The molecule has 2 atom stereocenters. The number of carbonyl (C=O) groups is 2. The number of ether oxygens (including phenoxy) is 1.